The summed E-state index contributed by atoms with van der Waals surface area (Å²) >= 11 is 0. The van der Waals surface area contributed by atoms with E-state index in [4.69, 9.17) is 0 Å². The fraction of sp³-hybridized carbons (Fsp3) is 0.500. The summed E-state index contributed by atoms with van der Waals surface area (Å²) in [5, 5.41) is 5.94. The number of benzene rings is 1. The van der Waals surface area contributed by atoms with Gasteiger partial charge in [0, 0.05) is 25.7 Å². The van der Waals surface area contributed by atoms with Crippen LogP contribution in [0, 0.1) is 5.82 Å². The van der Waals surface area contributed by atoms with Crippen LogP contribution in [0.2, 0.25) is 0 Å². The standard InChI is InChI=1S/C18H26FN3O/c1-13(2)12-22-10-8-17(9-11-22)21-18(23)20-14(3)15-4-6-16(19)7-5-15/h4-7,14,17H,1,8-12H2,2-3H3,(H2,20,21,23). The van der Waals surface area contributed by atoms with Crippen molar-refractivity contribution in [1.29, 1.82) is 0 Å². The molecule has 1 heterocycles. The lowest BCUT2D eigenvalue weighted by Gasteiger charge is -2.32. The van der Waals surface area contributed by atoms with Crippen molar-refractivity contribution in [1.82, 2.24) is 15.5 Å². The number of halogens is 1. The summed E-state index contributed by atoms with van der Waals surface area (Å²) in [5.74, 6) is -0.271. The van der Waals surface area contributed by atoms with Gasteiger partial charge in [-0.25, -0.2) is 9.18 Å². The Bertz CT molecular complexity index is 536. The summed E-state index contributed by atoms with van der Waals surface area (Å²) in [6, 6.07) is 6.08. The Morgan fingerprint density at radius 2 is 1.96 bits per heavy atom. The SMILES string of the molecule is C=C(C)CN1CCC(NC(=O)NC(C)c2ccc(F)cc2)CC1. The quantitative estimate of drug-likeness (QED) is 0.819. The smallest absolute Gasteiger partial charge is 0.315 e. The molecule has 0 bridgehead atoms. The first-order chi connectivity index (χ1) is 10.9. The zero-order valence-corrected chi connectivity index (χ0v) is 13.9. The van der Waals surface area contributed by atoms with Crippen LogP contribution in [-0.2, 0) is 0 Å². The van der Waals surface area contributed by atoms with Crippen LogP contribution in [0.3, 0.4) is 0 Å². The average Bonchev–Trinajstić information content (AvgIpc) is 2.49. The molecule has 1 saturated heterocycles. The summed E-state index contributed by atoms with van der Waals surface area (Å²) in [7, 11) is 0. The first-order valence-electron chi connectivity index (χ1n) is 8.13. The molecule has 2 N–H and O–H groups in total. The lowest BCUT2D eigenvalue weighted by molar-refractivity contribution is 0.200. The number of carbonyl (C=O) groups is 1. The Labute approximate surface area is 137 Å². The third-order valence-corrected chi connectivity index (χ3v) is 4.13. The number of amides is 2. The average molecular weight is 319 g/mol. The second kappa shape index (κ2) is 8.11. The molecule has 1 aliphatic rings. The highest BCUT2D eigenvalue weighted by Crippen LogP contribution is 2.14. The molecular weight excluding hydrogens is 293 g/mol. The molecule has 1 fully saturated rings. The Morgan fingerprint density at radius 1 is 1.35 bits per heavy atom. The molecule has 0 aromatic heterocycles. The van der Waals surface area contributed by atoms with Crippen molar-refractivity contribution in [2.24, 2.45) is 0 Å². The Balaban J connectivity index is 1.75. The summed E-state index contributed by atoms with van der Waals surface area (Å²) in [4.78, 5) is 14.5. The fourth-order valence-electron chi connectivity index (χ4n) is 2.88. The molecule has 0 spiro atoms. The van der Waals surface area contributed by atoms with Gasteiger partial charge in [-0.1, -0.05) is 24.3 Å². The highest BCUT2D eigenvalue weighted by Gasteiger charge is 2.21. The van der Waals surface area contributed by atoms with E-state index in [1.165, 1.54) is 17.7 Å². The number of piperidine rings is 1. The number of hydrogen-bond acceptors (Lipinski definition) is 2. The van der Waals surface area contributed by atoms with E-state index >= 15 is 0 Å². The van der Waals surface area contributed by atoms with Crippen LogP contribution in [0.15, 0.2) is 36.4 Å². The van der Waals surface area contributed by atoms with Gasteiger partial charge in [0.2, 0.25) is 0 Å². The minimum atomic E-state index is -0.271. The van der Waals surface area contributed by atoms with E-state index in [-0.39, 0.29) is 23.9 Å². The zero-order chi connectivity index (χ0) is 16.8. The molecule has 2 rings (SSSR count). The number of hydrogen-bond donors (Lipinski definition) is 2. The van der Waals surface area contributed by atoms with Gasteiger partial charge in [0.1, 0.15) is 5.82 Å². The predicted molar refractivity (Wildman–Crippen MR) is 90.8 cm³/mol. The number of nitrogens with one attached hydrogen (secondary N) is 2. The van der Waals surface area contributed by atoms with Crippen LogP contribution >= 0.6 is 0 Å². The normalized spacial score (nSPS) is 17.5. The van der Waals surface area contributed by atoms with Gasteiger partial charge in [0.15, 0.2) is 0 Å². The lowest BCUT2D eigenvalue weighted by atomic mass is 10.0. The van der Waals surface area contributed by atoms with E-state index in [9.17, 15) is 9.18 Å². The Kier molecular flexibility index (Phi) is 6.16. The Morgan fingerprint density at radius 3 is 2.52 bits per heavy atom. The van der Waals surface area contributed by atoms with Crippen molar-refractivity contribution >= 4 is 6.03 Å². The molecule has 0 radical (unpaired) electrons. The van der Waals surface area contributed by atoms with Gasteiger partial charge in [-0.05, 0) is 44.4 Å². The highest BCUT2D eigenvalue weighted by atomic mass is 19.1. The fourth-order valence-corrected chi connectivity index (χ4v) is 2.88. The van der Waals surface area contributed by atoms with Gasteiger partial charge in [-0.3, -0.25) is 4.90 Å². The second-order valence-corrected chi connectivity index (χ2v) is 6.40. The molecule has 1 unspecified atom stereocenters. The van der Waals surface area contributed by atoms with Gasteiger partial charge in [-0.15, -0.1) is 0 Å². The number of likely N-dealkylation sites (tertiary alicyclic amines) is 1. The maximum atomic E-state index is 12.9. The van der Waals surface area contributed by atoms with Crippen LogP contribution in [0.1, 0.15) is 38.3 Å². The minimum absolute atomic E-state index is 0.154. The van der Waals surface area contributed by atoms with Crippen molar-refractivity contribution < 1.29 is 9.18 Å². The summed E-state index contributed by atoms with van der Waals surface area (Å²) in [6.45, 7) is 10.8. The van der Waals surface area contributed by atoms with Crippen molar-refractivity contribution in [3.63, 3.8) is 0 Å². The van der Waals surface area contributed by atoms with E-state index in [1.54, 1.807) is 12.1 Å². The number of nitrogens with zero attached hydrogens (tertiary/aromatic N) is 1. The monoisotopic (exact) mass is 319 g/mol. The second-order valence-electron chi connectivity index (χ2n) is 6.40. The minimum Gasteiger partial charge on any atom is -0.335 e. The topological polar surface area (TPSA) is 44.4 Å². The molecular formula is C18H26FN3O. The van der Waals surface area contributed by atoms with E-state index in [2.05, 4.69) is 22.1 Å². The molecule has 0 aliphatic carbocycles. The number of rotatable bonds is 5. The van der Waals surface area contributed by atoms with Gasteiger partial charge >= 0.3 is 6.03 Å². The van der Waals surface area contributed by atoms with E-state index in [0.29, 0.717) is 0 Å². The molecule has 4 nitrogen and oxygen atoms in total. The zero-order valence-electron chi connectivity index (χ0n) is 13.9. The number of carbonyl (C=O) groups excluding carboxylic acids is 1. The van der Waals surface area contributed by atoms with Crippen molar-refractivity contribution in [3.05, 3.63) is 47.8 Å². The molecule has 1 aliphatic heterocycles. The lowest BCUT2D eigenvalue weighted by Crippen LogP contribution is -2.48. The molecule has 5 heteroatoms. The Hall–Kier alpha value is -1.88. The molecule has 2 amide bonds. The van der Waals surface area contributed by atoms with E-state index in [0.717, 1.165) is 38.0 Å². The molecule has 1 atom stereocenters. The molecule has 126 valence electrons. The third kappa shape index (κ3) is 5.67. The van der Waals surface area contributed by atoms with E-state index in [1.807, 2.05) is 13.8 Å². The van der Waals surface area contributed by atoms with Gasteiger partial charge in [0.05, 0.1) is 6.04 Å². The highest BCUT2D eigenvalue weighted by molar-refractivity contribution is 5.74. The maximum absolute atomic E-state index is 12.9. The predicted octanol–water partition coefficient (Wildman–Crippen LogP) is 3.23. The van der Waals surface area contributed by atoms with Crippen molar-refractivity contribution in [2.45, 2.75) is 38.8 Å². The summed E-state index contributed by atoms with van der Waals surface area (Å²) < 4.78 is 12.9. The van der Waals surface area contributed by atoms with Crippen molar-refractivity contribution in [2.75, 3.05) is 19.6 Å². The van der Waals surface area contributed by atoms with Gasteiger partial charge in [0.25, 0.3) is 0 Å². The van der Waals surface area contributed by atoms with Gasteiger partial charge in [-0.2, -0.15) is 0 Å². The first-order valence-corrected chi connectivity index (χ1v) is 8.13. The third-order valence-electron chi connectivity index (χ3n) is 4.13. The molecule has 1 aromatic carbocycles. The van der Waals surface area contributed by atoms with Crippen LogP contribution in [0.4, 0.5) is 9.18 Å². The summed E-state index contributed by atoms with van der Waals surface area (Å²) in [5.41, 5.74) is 2.06. The van der Waals surface area contributed by atoms with E-state index < -0.39 is 0 Å². The van der Waals surface area contributed by atoms with Gasteiger partial charge < -0.3 is 10.6 Å². The van der Waals surface area contributed by atoms with Crippen LogP contribution in [0.5, 0.6) is 0 Å². The molecule has 1 aromatic rings. The maximum Gasteiger partial charge on any atom is 0.315 e. The molecule has 23 heavy (non-hydrogen) atoms. The summed E-state index contributed by atoms with van der Waals surface area (Å²) in [6.07, 6.45) is 1.90. The molecule has 0 saturated carbocycles. The van der Waals surface area contributed by atoms with Crippen LogP contribution in [-0.4, -0.2) is 36.6 Å². The largest absolute Gasteiger partial charge is 0.335 e. The van der Waals surface area contributed by atoms with Crippen LogP contribution in [0.25, 0.3) is 0 Å². The van der Waals surface area contributed by atoms with Crippen LogP contribution < -0.4 is 10.6 Å². The number of urea groups is 1. The first kappa shape index (κ1) is 17.5. The van der Waals surface area contributed by atoms with Crippen molar-refractivity contribution in [3.8, 4) is 0 Å².